The van der Waals surface area contributed by atoms with Crippen LogP contribution in [0, 0.1) is 12.7 Å². The minimum Gasteiger partial charge on any atom is -0.347 e. The number of benzene rings is 1. The van der Waals surface area contributed by atoms with Crippen LogP contribution in [0.2, 0.25) is 0 Å². The molecular weight excluding hydrogens is 285 g/mol. The second-order valence-electron chi connectivity index (χ2n) is 4.74. The zero-order valence-electron chi connectivity index (χ0n) is 10.3. The molecule has 0 heterocycles. The topological polar surface area (TPSA) is 29.1 Å². The molecule has 1 N–H and O–H groups in total. The van der Waals surface area contributed by atoms with Crippen LogP contribution >= 0.6 is 15.9 Å². The highest BCUT2D eigenvalue weighted by molar-refractivity contribution is 9.09. The number of halogens is 2. The van der Waals surface area contributed by atoms with Crippen molar-refractivity contribution in [1.82, 2.24) is 5.32 Å². The summed E-state index contributed by atoms with van der Waals surface area (Å²) in [7, 11) is 0. The predicted molar refractivity (Wildman–Crippen MR) is 71.1 cm³/mol. The Kier molecular flexibility index (Phi) is 4.69. The number of nitrogens with one attached hydrogen (secondary N) is 1. The number of amides is 1. The first-order valence-corrected chi connectivity index (χ1v) is 6.62. The molecule has 0 aliphatic heterocycles. The fourth-order valence-electron chi connectivity index (χ4n) is 1.41. The van der Waals surface area contributed by atoms with Gasteiger partial charge in [-0.15, -0.1) is 0 Å². The van der Waals surface area contributed by atoms with E-state index in [1.165, 1.54) is 6.07 Å². The van der Waals surface area contributed by atoms with E-state index in [2.05, 4.69) is 21.2 Å². The monoisotopic (exact) mass is 301 g/mol. The Bertz CT molecular complexity index is 418. The summed E-state index contributed by atoms with van der Waals surface area (Å²) in [6.07, 6.45) is 0.813. The molecule has 0 aromatic heterocycles. The van der Waals surface area contributed by atoms with E-state index in [0.29, 0.717) is 11.1 Å². The van der Waals surface area contributed by atoms with Gasteiger partial charge in [-0.3, -0.25) is 4.79 Å². The first kappa shape index (κ1) is 14.2. The molecule has 2 nitrogen and oxygen atoms in total. The van der Waals surface area contributed by atoms with Gasteiger partial charge in [0.25, 0.3) is 5.91 Å². The standard InChI is InChI=1S/C13H17BrFNO/c1-9-4-5-10(8-11(9)15)12(17)16-13(2,3)6-7-14/h4-5,8H,6-7H2,1-3H3,(H,16,17). The summed E-state index contributed by atoms with van der Waals surface area (Å²) in [4.78, 5) is 11.9. The third-order valence-electron chi connectivity index (χ3n) is 2.61. The van der Waals surface area contributed by atoms with Gasteiger partial charge in [0.05, 0.1) is 0 Å². The van der Waals surface area contributed by atoms with Crippen molar-refractivity contribution in [2.24, 2.45) is 0 Å². The summed E-state index contributed by atoms with van der Waals surface area (Å²) in [5, 5.41) is 3.69. The van der Waals surface area contributed by atoms with E-state index in [9.17, 15) is 9.18 Å². The molecule has 0 saturated heterocycles. The van der Waals surface area contributed by atoms with Crippen molar-refractivity contribution >= 4 is 21.8 Å². The highest BCUT2D eigenvalue weighted by Gasteiger charge is 2.20. The van der Waals surface area contributed by atoms with Gasteiger partial charge in [0.1, 0.15) is 5.82 Å². The van der Waals surface area contributed by atoms with E-state index < -0.39 is 0 Å². The SMILES string of the molecule is Cc1ccc(C(=O)NC(C)(C)CCBr)cc1F. The maximum atomic E-state index is 13.3. The van der Waals surface area contributed by atoms with Crippen LogP contribution in [0.4, 0.5) is 4.39 Å². The lowest BCUT2D eigenvalue weighted by Gasteiger charge is -2.25. The molecule has 1 aromatic carbocycles. The average Bonchev–Trinajstić information content (AvgIpc) is 2.21. The summed E-state index contributed by atoms with van der Waals surface area (Å²) < 4.78 is 13.3. The maximum absolute atomic E-state index is 13.3. The molecule has 94 valence electrons. The number of hydrogen-bond acceptors (Lipinski definition) is 1. The Labute approximate surface area is 110 Å². The molecule has 1 rings (SSSR count). The third kappa shape index (κ3) is 4.11. The molecule has 0 aliphatic carbocycles. The van der Waals surface area contributed by atoms with Crippen molar-refractivity contribution in [3.63, 3.8) is 0 Å². The number of alkyl halides is 1. The fraction of sp³-hybridized carbons (Fsp3) is 0.462. The normalized spacial score (nSPS) is 11.4. The lowest BCUT2D eigenvalue weighted by molar-refractivity contribution is 0.0911. The van der Waals surface area contributed by atoms with Crippen LogP contribution in [0.25, 0.3) is 0 Å². The van der Waals surface area contributed by atoms with Gasteiger partial charge in [0.15, 0.2) is 0 Å². The molecule has 0 atom stereocenters. The molecule has 4 heteroatoms. The Morgan fingerprint density at radius 1 is 1.47 bits per heavy atom. The van der Waals surface area contributed by atoms with Gasteiger partial charge >= 0.3 is 0 Å². The lowest BCUT2D eigenvalue weighted by atomic mass is 10.0. The van der Waals surface area contributed by atoms with Gasteiger partial charge in [-0.1, -0.05) is 22.0 Å². The van der Waals surface area contributed by atoms with Crippen LogP contribution in [0.1, 0.15) is 36.2 Å². The highest BCUT2D eigenvalue weighted by Crippen LogP contribution is 2.13. The summed E-state index contributed by atoms with van der Waals surface area (Å²) in [6.45, 7) is 5.55. The second-order valence-corrected chi connectivity index (χ2v) is 5.53. The van der Waals surface area contributed by atoms with Gasteiger partial charge in [-0.2, -0.15) is 0 Å². The fourth-order valence-corrected chi connectivity index (χ4v) is 2.40. The minimum atomic E-state index is -0.351. The lowest BCUT2D eigenvalue weighted by Crippen LogP contribution is -2.43. The molecule has 0 aliphatic rings. The quantitative estimate of drug-likeness (QED) is 0.848. The number of aryl methyl sites for hydroxylation is 1. The van der Waals surface area contributed by atoms with E-state index in [1.807, 2.05) is 13.8 Å². The molecule has 0 saturated carbocycles. The third-order valence-corrected chi connectivity index (χ3v) is 3.00. The Hall–Kier alpha value is -0.900. The highest BCUT2D eigenvalue weighted by atomic mass is 79.9. The zero-order chi connectivity index (χ0) is 13.1. The number of carbonyl (C=O) groups is 1. The van der Waals surface area contributed by atoms with E-state index >= 15 is 0 Å². The molecule has 0 bridgehead atoms. The zero-order valence-corrected chi connectivity index (χ0v) is 11.9. The van der Waals surface area contributed by atoms with Gasteiger partial charge in [0, 0.05) is 16.4 Å². The van der Waals surface area contributed by atoms with Crippen LogP contribution in [-0.2, 0) is 0 Å². The molecule has 1 aromatic rings. The second kappa shape index (κ2) is 5.63. The first-order chi connectivity index (χ1) is 7.85. The molecule has 0 spiro atoms. The average molecular weight is 302 g/mol. The van der Waals surface area contributed by atoms with E-state index in [0.717, 1.165) is 11.8 Å². The van der Waals surface area contributed by atoms with Gasteiger partial charge < -0.3 is 5.32 Å². The van der Waals surface area contributed by atoms with Crippen LogP contribution < -0.4 is 5.32 Å². The summed E-state index contributed by atoms with van der Waals surface area (Å²) in [6, 6.07) is 4.52. The smallest absolute Gasteiger partial charge is 0.251 e. The molecule has 0 fully saturated rings. The Morgan fingerprint density at radius 2 is 2.12 bits per heavy atom. The Balaban J connectivity index is 2.80. The van der Waals surface area contributed by atoms with Crippen LogP contribution in [0.15, 0.2) is 18.2 Å². The van der Waals surface area contributed by atoms with Crippen molar-refractivity contribution in [3.8, 4) is 0 Å². The van der Waals surface area contributed by atoms with Gasteiger partial charge in [0.2, 0.25) is 0 Å². The minimum absolute atomic E-state index is 0.241. The first-order valence-electron chi connectivity index (χ1n) is 5.50. The van der Waals surface area contributed by atoms with Crippen molar-refractivity contribution in [1.29, 1.82) is 0 Å². The Morgan fingerprint density at radius 3 is 2.65 bits per heavy atom. The molecular formula is C13H17BrFNO. The van der Waals surface area contributed by atoms with Gasteiger partial charge in [-0.05, 0) is 44.9 Å². The molecule has 1 amide bonds. The largest absolute Gasteiger partial charge is 0.347 e. The van der Waals surface area contributed by atoms with E-state index in [4.69, 9.17) is 0 Å². The molecule has 17 heavy (non-hydrogen) atoms. The van der Waals surface area contributed by atoms with Crippen molar-refractivity contribution in [2.75, 3.05) is 5.33 Å². The van der Waals surface area contributed by atoms with Crippen LogP contribution in [0.3, 0.4) is 0 Å². The maximum Gasteiger partial charge on any atom is 0.251 e. The van der Waals surface area contributed by atoms with Crippen LogP contribution in [-0.4, -0.2) is 16.8 Å². The molecule has 0 unspecified atom stereocenters. The van der Waals surface area contributed by atoms with Crippen molar-refractivity contribution in [3.05, 3.63) is 35.1 Å². The van der Waals surface area contributed by atoms with E-state index in [-0.39, 0.29) is 17.3 Å². The predicted octanol–water partition coefficient (Wildman–Crippen LogP) is 3.43. The summed E-state index contributed by atoms with van der Waals surface area (Å²) in [5.41, 5.74) is 0.596. The van der Waals surface area contributed by atoms with Gasteiger partial charge in [-0.25, -0.2) is 4.39 Å². The number of carbonyl (C=O) groups excluding carboxylic acids is 1. The number of hydrogen-bond donors (Lipinski definition) is 1. The molecule has 0 radical (unpaired) electrons. The van der Waals surface area contributed by atoms with Crippen molar-refractivity contribution in [2.45, 2.75) is 32.7 Å². The van der Waals surface area contributed by atoms with Crippen molar-refractivity contribution < 1.29 is 9.18 Å². The summed E-state index contributed by atoms with van der Waals surface area (Å²) >= 11 is 3.34. The van der Waals surface area contributed by atoms with E-state index in [1.54, 1.807) is 19.1 Å². The van der Waals surface area contributed by atoms with Crippen LogP contribution in [0.5, 0.6) is 0 Å². The number of rotatable bonds is 4. The summed E-state index contributed by atoms with van der Waals surface area (Å²) in [5.74, 6) is -0.592.